The van der Waals surface area contributed by atoms with E-state index in [9.17, 15) is 9.18 Å². The summed E-state index contributed by atoms with van der Waals surface area (Å²) in [4.78, 5) is 21.1. The molecule has 3 aromatic rings. The Bertz CT molecular complexity index is 1240. The third kappa shape index (κ3) is 5.30. The summed E-state index contributed by atoms with van der Waals surface area (Å²) in [6.45, 7) is 0.937. The van der Waals surface area contributed by atoms with Crippen LogP contribution in [0.3, 0.4) is 0 Å². The molecule has 1 aliphatic rings. The Morgan fingerprint density at radius 3 is 2.69 bits per heavy atom. The highest BCUT2D eigenvalue weighted by Crippen LogP contribution is 2.38. The van der Waals surface area contributed by atoms with Crippen molar-refractivity contribution < 1.29 is 23.4 Å². The van der Waals surface area contributed by atoms with Crippen LogP contribution in [0.1, 0.15) is 25.7 Å². The molecule has 0 aliphatic heterocycles. The number of methoxy groups -OCH3 is 2. The first-order valence-electron chi connectivity index (χ1n) is 11.6. The molecule has 1 fully saturated rings. The van der Waals surface area contributed by atoms with Crippen LogP contribution >= 0.6 is 11.6 Å². The lowest BCUT2D eigenvalue weighted by atomic mass is 9.80. The van der Waals surface area contributed by atoms with Crippen LogP contribution in [0.25, 0.3) is 10.9 Å². The number of anilines is 2. The van der Waals surface area contributed by atoms with Crippen LogP contribution in [-0.4, -0.2) is 54.9 Å². The topological polar surface area (TPSA) is 121 Å². The molecule has 4 rings (SSSR count). The van der Waals surface area contributed by atoms with E-state index in [2.05, 4.69) is 20.6 Å². The molecule has 0 atom stereocenters. The first kappa shape index (κ1) is 25.9. The average Bonchev–Trinajstić information content (AvgIpc) is 2.90. The number of esters is 1. The molecule has 2 aromatic carbocycles. The second kappa shape index (κ2) is 11.2. The van der Waals surface area contributed by atoms with Crippen molar-refractivity contribution in [2.24, 2.45) is 5.73 Å². The normalized spacial score (nSPS) is 19.6. The number of hydrogen-bond donors (Lipinski definition) is 3. The summed E-state index contributed by atoms with van der Waals surface area (Å²) in [6, 6.07) is 8.21. The molecule has 1 aromatic heterocycles. The minimum atomic E-state index is -0.770. The number of carbonyl (C=O) groups excluding carboxylic acids is 1. The molecule has 0 spiro atoms. The number of rotatable bonds is 9. The van der Waals surface area contributed by atoms with Crippen molar-refractivity contribution in [3.63, 3.8) is 0 Å². The maximum atomic E-state index is 14.5. The number of hydrogen-bond acceptors (Lipinski definition) is 9. The molecule has 1 aliphatic carbocycles. The van der Waals surface area contributed by atoms with E-state index >= 15 is 0 Å². The first-order valence-corrected chi connectivity index (χ1v) is 12.0. The highest BCUT2D eigenvalue weighted by molar-refractivity contribution is 6.31. The van der Waals surface area contributed by atoms with E-state index in [0.717, 1.165) is 0 Å². The number of nitrogens with zero attached hydrogens (tertiary/aromatic N) is 2. The van der Waals surface area contributed by atoms with Gasteiger partial charge in [-0.3, -0.25) is 4.79 Å². The number of benzene rings is 2. The third-order valence-electron chi connectivity index (χ3n) is 6.39. The van der Waals surface area contributed by atoms with Crippen molar-refractivity contribution in [2.75, 3.05) is 32.6 Å². The van der Waals surface area contributed by atoms with Gasteiger partial charge in [0, 0.05) is 24.5 Å². The molecule has 9 nitrogen and oxygen atoms in total. The molecule has 11 heteroatoms. The van der Waals surface area contributed by atoms with Gasteiger partial charge in [-0.05, 0) is 43.9 Å². The first-order chi connectivity index (χ1) is 17.4. The molecule has 1 heterocycles. The number of nitrogens with two attached hydrogens (primary N) is 1. The van der Waals surface area contributed by atoms with Gasteiger partial charge in [0.15, 0.2) is 17.3 Å². The predicted molar refractivity (Wildman–Crippen MR) is 135 cm³/mol. The van der Waals surface area contributed by atoms with Gasteiger partial charge < -0.3 is 30.6 Å². The number of halogens is 2. The second-order valence-corrected chi connectivity index (χ2v) is 8.98. The largest absolute Gasteiger partial charge is 0.493 e. The van der Waals surface area contributed by atoms with E-state index in [0.29, 0.717) is 67.0 Å². The maximum Gasteiger partial charge on any atom is 0.326 e. The van der Waals surface area contributed by atoms with Gasteiger partial charge in [0.05, 0.1) is 36.6 Å². The van der Waals surface area contributed by atoms with Gasteiger partial charge in [-0.2, -0.15) is 0 Å². The summed E-state index contributed by atoms with van der Waals surface area (Å²) >= 11 is 5.92. The Kier molecular flexibility index (Phi) is 8.07. The number of carbonyl (C=O) groups is 1. The summed E-state index contributed by atoms with van der Waals surface area (Å²) in [7, 11) is 2.94. The van der Waals surface area contributed by atoms with Crippen molar-refractivity contribution in [1.29, 1.82) is 0 Å². The van der Waals surface area contributed by atoms with Crippen LogP contribution in [0.15, 0.2) is 36.7 Å². The summed E-state index contributed by atoms with van der Waals surface area (Å²) in [6.07, 6.45) is 3.57. The number of aromatic nitrogens is 2. The summed E-state index contributed by atoms with van der Waals surface area (Å²) in [5.74, 6) is 0.536. The lowest BCUT2D eigenvalue weighted by Crippen LogP contribution is -2.56. The van der Waals surface area contributed by atoms with Gasteiger partial charge in [-0.25, -0.2) is 14.4 Å². The highest BCUT2D eigenvalue weighted by Gasteiger charge is 2.43. The fourth-order valence-corrected chi connectivity index (χ4v) is 4.66. The summed E-state index contributed by atoms with van der Waals surface area (Å²) < 4.78 is 31.4. The van der Waals surface area contributed by atoms with E-state index < -0.39 is 11.4 Å². The standard InChI is InChI=1S/C25H29ClFN5O4/c1-34-20-13-19-16(23(30-14-29-19)32-18-5-3-4-17(26)22(18)27)12-21(20)36-15-6-8-25(9-7-15,24(33)35-2)31-11-10-28/h3-5,12-15,31H,6-11,28H2,1-2H3,(H,29,30,32)/t15-,25+. The third-order valence-corrected chi connectivity index (χ3v) is 6.68. The molecule has 0 unspecified atom stereocenters. The Balaban J connectivity index is 1.58. The molecule has 36 heavy (non-hydrogen) atoms. The molecule has 1 saturated carbocycles. The zero-order valence-corrected chi connectivity index (χ0v) is 20.9. The van der Waals surface area contributed by atoms with Crippen LogP contribution in [0.4, 0.5) is 15.9 Å². The minimum absolute atomic E-state index is 0.00494. The van der Waals surface area contributed by atoms with Crippen LogP contribution < -0.4 is 25.8 Å². The molecular formula is C25H29ClFN5O4. The zero-order chi connectivity index (χ0) is 25.7. The van der Waals surface area contributed by atoms with Gasteiger partial charge in [0.1, 0.15) is 17.7 Å². The Labute approximate surface area is 213 Å². The van der Waals surface area contributed by atoms with Crippen LogP contribution in [-0.2, 0) is 9.53 Å². The van der Waals surface area contributed by atoms with Crippen molar-refractivity contribution in [1.82, 2.24) is 15.3 Å². The summed E-state index contributed by atoms with van der Waals surface area (Å²) in [5, 5.41) is 6.89. The molecular weight excluding hydrogens is 489 g/mol. The zero-order valence-electron chi connectivity index (χ0n) is 20.1. The summed E-state index contributed by atoms with van der Waals surface area (Å²) in [5.41, 5.74) is 5.65. The molecule has 0 bridgehead atoms. The van der Waals surface area contributed by atoms with E-state index in [-0.39, 0.29) is 22.8 Å². The molecule has 0 saturated heterocycles. The monoisotopic (exact) mass is 517 g/mol. The van der Waals surface area contributed by atoms with Gasteiger partial charge >= 0.3 is 5.97 Å². The fraction of sp³-hybridized carbons (Fsp3) is 0.400. The van der Waals surface area contributed by atoms with Crippen molar-refractivity contribution >= 4 is 40.0 Å². The van der Waals surface area contributed by atoms with Gasteiger partial charge in [-0.15, -0.1) is 0 Å². The quantitative estimate of drug-likeness (QED) is 0.362. The number of nitrogens with one attached hydrogen (secondary N) is 2. The Morgan fingerprint density at radius 2 is 2.00 bits per heavy atom. The maximum absolute atomic E-state index is 14.5. The lowest BCUT2D eigenvalue weighted by molar-refractivity contribution is -0.151. The van der Waals surface area contributed by atoms with Gasteiger partial charge in [0.25, 0.3) is 0 Å². The molecule has 192 valence electrons. The fourth-order valence-electron chi connectivity index (χ4n) is 4.48. The van der Waals surface area contributed by atoms with E-state index in [1.54, 1.807) is 31.4 Å². The van der Waals surface area contributed by atoms with Crippen molar-refractivity contribution in [3.05, 3.63) is 47.5 Å². The molecule has 0 amide bonds. The number of fused-ring (bicyclic) bond motifs is 1. The molecule has 0 radical (unpaired) electrons. The smallest absolute Gasteiger partial charge is 0.326 e. The second-order valence-electron chi connectivity index (χ2n) is 8.58. The van der Waals surface area contributed by atoms with E-state index in [4.69, 9.17) is 31.5 Å². The van der Waals surface area contributed by atoms with Crippen LogP contribution in [0.2, 0.25) is 5.02 Å². The lowest BCUT2D eigenvalue weighted by Gasteiger charge is -2.38. The Hall–Kier alpha value is -3.21. The van der Waals surface area contributed by atoms with E-state index in [1.807, 2.05) is 0 Å². The average molecular weight is 518 g/mol. The van der Waals surface area contributed by atoms with Crippen molar-refractivity contribution in [3.8, 4) is 11.5 Å². The van der Waals surface area contributed by atoms with Crippen LogP contribution in [0, 0.1) is 5.82 Å². The minimum Gasteiger partial charge on any atom is -0.493 e. The van der Waals surface area contributed by atoms with Gasteiger partial charge in [0.2, 0.25) is 0 Å². The Morgan fingerprint density at radius 1 is 1.22 bits per heavy atom. The SMILES string of the molecule is COc1cc2ncnc(Nc3cccc(Cl)c3F)c2cc1O[C@H]1CC[C@](NCCN)(C(=O)OC)CC1. The van der Waals surface area contributed by atoms with Crippen molar-refractivity contribution in [2.45, 2.75) is 37.3 Å². The van der Waals surface area contributed by atoms with Crippen LogP contribution in [0.5, 0.6) is 11.5 Å². The van der Waals surface area contributed by atoms with Gasteiger partial charge in [-0.1, -0.05) is 17.7 Å². The predicted octanol–water partition coefficient (Wildman–Crippen LogP) is 3.96. The molecule has 4 N–H and O–H groups in total. The van der Waals surface area contributed by atoms with E-state index in [1.165, 1.54) is 19.5 Å². The number of ether oxygens (including phenoxy) is 3. The highest BCUT2D eigenvalue weighted by atomic mass is 35.5.